The number of hydrogen-bond acceptors (Lipinski definition) is 18. The lowest BCUT2D eigenvalue weighted by Gasteiger charge is -2.30. The number of imidazole rings is 1. The molecule has 8 unspecified atom stereocenters. The minimum atomic E-state index is -5.57. The van der Waals surface area contributed by atoms with E-state index >= 15 is 0 Å². The number of carbonyl (C=O) groups excluding carboxylic acids is 3. The van der Waals surface area contributed by atoms with Crippen LogP contribution in [-0.4, -0.2) is 123 Å². The molecule has 0 aliphatic carbocycles. The molecule has 62 heavy (non-hydrogen) atoms. The zero-order chi connectivity index (χ0) is 46.3. The molecule has 1 aliphatic rings. The molecular formula is C34H60N7O17P3S. The van der Waals surface area contributed by atoms with Gasteiger partial charge < -0.3 is 50.9 Å². The van der Waals surface area contributed by atoms with Gasteiger partial charge in [0, 0.05) is 37.1 Å². The Hall–Kier alpha value is -2.44. The lowest BCUT2D eigenvalue weighted by molar-refractivity contribution is -0.137. The summed E-state index contributed by atoms with van der Waals surface area (Å²) in [6.45, 7) is 5.05. The summed E-state index contributed by atoms with van der Waals surface area (Å²) < 4.78 is 62.3. The molecule has 0 spiro atoms. The van der Waals surface area contributed by atoms with E-state index in [1.54, 1.807) is 0 Å². The molecule has 3 rings (SSSR count). The predicted molar refractivity (Wildman–Crippen MR) is 223 cm³/mol. The third-order valence-corrected chi connectivity index (χ3v) is 13.7. The fraction of sp³-hybridized carbons (Fsp3) is 0.765. The molecule has 3 heterocycles. The van der Waals surface area contributed by atoms with Crippen molar-refractivity contribution in [1.82, 2.24) is 30.2 Å². The standard InChI is InChI=1S/C34H60N7O17P3S/c1-5-6-11-22(2)12-9-7-8-10-13-25(43)62-17-16-36-24(42)14-15-37-32(46)29(45)34(3,4)19-55-61(52,53)58-60(50,51)54-18-23-28(57-59(47,48)49)27(44)33(56-23)41-21-40-26-30(35)38-20-39-31(26)41/h20-23,27-29,33,44-45H,5-19H2,1-4H3,(H,36,42)(H,37,46)(H,50,51)(H,52,53)(H2,35,38,39)(H2,47,48,49). The molecule has 0 bridgehead atoms. The summed E-state index contributed by atoms with van der Waals surface area (Å²) in [7, 11) is -16.4. The van der Waals surface area contributed by atoms with Gasteiger partial charge in [0.15, 0.2) is 22.8 Å². The minimum Gasteiger partial charge on any atom is -0.386 e. The number of phosphoric acid groups is 3. The third kappa shape index (κ3) is 18.2. The quantitative estimate of drug-likeness (QED) is 0.0418. The largest absolute Gasteiger partial charge is 0.481 e. The van der Waals surface area contributed by atoms with Crippen LogP contribution in [0.1, 0.15) is 98.1 Å². The van der Waals surface area contributed by atoms with Gasteiger partial charge in [-0.15, -0.1) is 0 Å². The first-order valence-electron chi connectivity index (χ1n) is 20.0. The third-order valence-electron chi connectivity index (χ3n) is 9.64. The minimum absolute atomic E-state index is 0.0331. The molecule has 0 radical (unpaired) electrons. The monoisotopic (exact) mass is 963 g/mol. The van der Waals surface area contributed by atoms with Crippen LogP contribution in [0.25, 0.3) is 11.2 Å². The van der Waals surface area contributed by atoms with E-state index in [9.17, 15) is 57.9 Å². The second-order valence-corrected chi connectivity index (χ2v) is 20.9. The van der Waals surface area contributed by atoms with Gasteiger partial charge in [0.05, 0.1) is 19.5 Å². The lowest BCUT2D eigenvalue weighted by atomic mass is 9.87. The van der Waals surface area contributed by atoms with Crippen molar-refractivity contribution in [3.05, 3.63) is 12.7 Å². The summed E-state index contributed by atoms with van der Waals surface area (Å²) in [6.07, 6.45) is 2.67. The van der Waals surface area contributed by atoms with Crippen molar-refractivity contribution in [3.8, 4) is 0 Å². The number of nitrogens with zero attached hydrogens (tertiary/aromatic N) is 4. The Balaban J connectivity index is 1.38. The molecule has 2 aromatic heterocycles. The van der Waals surface area contributed by atoms with Crippen molar-refractivity contribution < 1.29 is 80.5 Å². The van der Waals surface area contributed by atoms with E-state index in [0.717, 1.165) is 54.2 Å². The molecule has 1 fully saturated rings. The van der Waals surface area contributed by atoms with Gasteiger partial charge in [-0.25, -0.2) is 28.6 Å². The normalized spacial score (nSPS) is 21.3. The van der Waals surface area contributed by atoms with E-state index in [2.05, 4.69) is 48.3 Å². The first kappa shape index (κ1) is 53.9. The first-order chi connectivity index (χ1) is 28.9. The number of aliphatic hydroxyl groups excluding tert-OH is 2. The Bertz CT molecular complexity index is 1920. The first-order valence-corrected chi connectivity index (χ1v) is 25.5. The summed E-state index contributed by atoms with van der Waals surface area (Å²) >= 11 is 1.15. The topological polar surface area (TPSA) is 364 Å². The number of nitrogens with two attached hydrogens (primary N) is 1. The summed E-state index contributed by atoms with van der Waals surface area (Å²) in [6, 6.07) is 0. The number of phosphoric ester groups is 3. The molecule has 8 atom stereocenters. The number of nitrogens with one attached hydrogen (secondary N) is 2. The number of ether oxygens (including phenoxy) is 1. The predicted octanol–water partition coefficient (Wildman–Crippen LogP) is 2.83. The maximum atomic E-state index is 12.7. The van der Waals surface area contributed by atoms with Crippen LogP contribution in [-0.2, 0) is 50.7 Å². The Morgan fingerprint density at radius 3 is 2.34 bits per heavy atom. The van der Waals surface area contributed by atoms with Crippen LogP contribution in [0.3, 0.4) is 0 Å². The summed E-state index contributed by atoms with van der Waals surface area (Å²) in [5.41, 5.74) is 4.28. The number of thioether (sulfide) groups is 1. The maximum Gasteiger partial charge on any atom is 0.481 e. The summed E-state index contributed by atoms with van der Waals surface area (Å²) in [5.74, 6) is -0.290. The fourth-order valence-electron chi connectivity index (χ4n) is 6.18. The van der Waals surface area contributed by atoms with Crippen molar-refractivity contribution in [1.29, 1.82) is 0 Å². The molecule has 24 nitrogen and oxygen atoms in total. The number of aliphatic hydroxyl groups is 2. The molecule has 10 N–H and O–H groups in total. The van der Waals surface area contributed by atoms with Crippen molar-refractivity contribution >= 4 is 69.1 Å². The number of hydrogen-bond donors (Lipinski definition) is 9. The van der Waals surface area contributed by atoms with Crippen LogP contribution >= 0.6 is 35.2 Å². The van der Waals surface area contributed by atoms with Gasteiger partial charge in [-0.1, -0.05) is 84.4 Å². The molecule has 1 aliphatic heterocycles. The summed E-state index contributed by atoms with van der Waals surface area (Å²) in [5, 5.41) is 26.6. The average molecular weight is 964 g/mol. The van der Waals surface area contributed by atoms with Crippen molar-refractivity contribution in [3.63, 3.8) is 0 Å². The number of amides is 2. The Labute approximate surface area is 363 Å². The van der Waals surface area contributed by atoms with Crippen LogP contribution in [0.4, 0.5) is 5.82 Å². The Morgan fingerprint density at radius 2 is 1.65 bits per heavy atom. The van der Waals surface area contributed by atoms with E-state index in [4.69, 9.17) is 19.5 Å². The molecule has 2 aromatic rings. The fourth-order valence-corrected chi connectivity index (χ4v) is 9.73. The van der Waals surface area contributed by atoms with Crippen LogP contribution in [0.2, 0.25) is 0 Å². The highest BCUT2D eigenvalue weighted by Crippen LogP contribution is 2.61. The van der Waals surface area contributed by atoms with Gasteiger partial charge in [-0.2, -0.15) is 4.31 Å². The van der Waals surface area contributed by atoms with E-state index in [0.29, 0.717) is 12.2 Å². The second-order valence-electron chi connectivity index (χ2n) is 15.5. The number of nitrogen functional groups attached to an aromatic ring is 1. The summed E-state index contributed by atoms with van der Waals surface area (Å²) in [4.78, 5) is 88.1. The molecule has 354 valence electrons. The van der Waals surface area contributed by atoms with Gasteiger partial charge in [0.1, 0.15) is 36.3 Å². The van der Waals surface area contributed by atoms with Crippen LogP contribution in [0.5, 0.6) is 0 Å². The number of aromatic nitrogens is 4. The highest BCUT2D eigenvalue weighted by Gasteiger charge is 2.50. The van der Waals surface area contributed by atoms with Crippen molar-refractivity contribution in [2.75, 3.05) is 37.8 Å². The van der Waals surface area contributed by atoms with Gasteiger partial charge >= 0.3 is 23.5 Å². The smallest absolute Gasteiger partial charge is 0.386 e. The van der Waals surface area contributed by atoms with E-state index < -0.39 is 84.6 Å². The van der Waals surface area contributed by atoms with Crippen LogP contribution in [0.15, 0.2) is 12.7 Å². The van der Waals surface area contributed by atoms with E-state index in [-0.39, 0.29) is 41.6 Å². The SMILES string of the molecule is CCCCC(C)CCCCCCC(=O)SCCNC(=O)CCNC(=O)C(O)C(C)(C)COP(=O)(O)OP(=O)(O)OCC1OC(n2cnc3c(N)ncnc32)C(O)C1OP(=O)(O)O. The molecule has 0 aromatic carbocycles. The molecule has 28 heteroatoms. The highest BCUT2D eigenvalue weighted by molar-refractivity contribution is 8.13. The van der Waals surface area contributed by atoms with Crippen LogP contribution in [0, 0.1) is 11.3 Å². The molecule has 2 amide bonds. The number of fused-ring (bicyclic) bond motifs is 1. The van der Waals surface area contributed by atoms with Crippen LogP contribution < -0.4 is 16.4 Å². The molecular weight excluding hydrogens is 903 g/mol. The average Bonchev–Trinajstić information content (AvgIpc) is 3.75. The number of unbranched alkanes of at least 4 members (excludes halogenated alkanes) is 4. The number of rotatable bonds is 29. The number of anilines is 1. The number of carbonyl (C=O) groups is 3. The van der Waals surface area contributed by atoms with E-state index in [1.165, 1.54) is 46.0 Å². The van der Waals surface area contributed by atoms with E-state index in [1.807, 2.05) is 0 Å². The van der Waals surface area contributed by atoms with Gasteiger partial charge in [0.2, 0.25) is 11.8 Å². The zero-order valence-electron chi connectivity index (χ0n) is 35.0. The molecule has 0 saturated carbocycles. The molecule has 1 saturated heterocycles. The van der Waals surface area contributed by atoms with Gasteiger partial charge in [-0.05, 0) is 12.3 Å². The second kappa shape index (κ2) is 24.7. The maximum absolute atomic E-state index is 12.7. The van der Waals surface area contributed by atoms with Gasteiger partial charge in [-0.3, -0.25) is 32.5 Å². The highest BCUT2D eigenvalue weighted by atomic mass is 32.2. The van der Waals surface area contributed by atoms with Crippen molar-refractivity contribution in [2.45, 2.75) is 123 Å². The van der Waals surface area contributed by atoms with Gasteiger partial charge in [0.25, 0.3) is 0 Å². The Morgan fingerprint density at radius 1 is 0.968 bits per heavy atom. The lowest BCUT2D eigenvalue weighted by Crippen LogP contribution is -2.46. The zero-order valence-corrected chi connectivity index (χ0v) is 38.5. The van der Waals surface area contributed by atoms with Crippen molar-refractivity contribution in [2.24, 2.45) is 11.3 Å². The Kier molecular flexibility index (Phi) is 21.5.